The van der Waals surface area contributed by atoms with E-state index < -0.39 is 0 Å². The molecule has 0 heterocycles. The Kier molecular flexibility index (Phi) is 6.67. The zero-order valence-electron chi connectivity index (χ0n) is 34.9. The fourth-order valence-electron chi connectivity index (χ4n) is 12.0. The maximum Gasteiger partial charge on any atom is -0.00199 e. The van der Waals surface area contributed by atoms with Gasteiger partial charge in [0, 0.05) is 0 Å². The van der Waals surface area contributed by atoms with Gasteiger partial charge in [-0.25, -0.2) is 0 Å². The Morgan fingerprint density at radius 3 is 1.15 bits per heavy atom. The molecule has 0 nitrogen and oxygen atoms in total. The maximum atomic E-state index is 2.56. The fraction of sp³-hybridized carbons (Fsp3) is 0.100. The van der Waals surface area contributed by atoms with Crippen LogP contribution in [-0.2, 0) is 0 Å². The quantitative estimate of drug-likeness (QED) is 0.154. The highest BCUT2D eigenvalue weighted by Gasteiger charge is 2.28. The average Bonchev–Trinajstić information content (AvgIpc) is 3.72. The topological polar surface area (TPSA) is 0 Å². The van der Waals surface area contributed by atoms with Gasteiger partial charge in [-0.3, -0.25) is 0 Å². The van der Waals surface area contributed by atoms with Gasteiger partial charge in [-0.05, 0) is 238 Å². The molecule has 0 saturated heterocycles. The van der Waals surface area contributed by atoms with Crippen molar-refractivity contribution in [3.8, 4) is 66.8 Å². The Labute approximate surface area is 350 Å². The zero-order valence-corrected chi connectivity index (χ0v) is 34.9. The molecule has 11 aromatic carbocycles. The fourth-order valence-corrected chi connectivity index (χ4v) is 12.0. The van der Waals surface area contributed by atoms with Crippen LogP contribution in [0.5, 0.6) is 0 Å². The first-order valence-corrected chi connectivity index (χ1v) is 21.4. The van der Waals surface area contributed by atoms with Gasteiger partial charge in [-0.15, -0.1) is 0 Å². The van der Waals surface area contributed by atoms with Gasteiger partial charge in [0.1, 0.15) is 0 Å². The minimum Gasteiger partial charge on any atom is -0.0616 e. The van der Waals surface area contributed by atoms with Gasteiger partial charge in [0.05, 0.1) is 0 Å². The third-order valence-electron chi connectivity index (χ3n) is 14.2. The Bertz CT molecular complexity index is 3760. The van der Waals surface area contributed by atoms with Crippen molar-refractivity contribution in [1.82, 2.24) is 0 Å². The lowest BCUT2D eigenvalue weighted by Gasteiger charge is -2.21. The summed E-state index contributed by atoms with van der Waals surface area (Å²) in [6.07, 6.45) is 0. The standard InChI is InChI=1S/C60H42/c1-31-20-33(3)57(34(4)21-31)55-29-50-48-26-46-43-19-11-18-40-39-15-8-7-12-38(39)24-54(60(40)43)51(46)28-53(48)56(58-35(5)22-32(2)23-36(58)6)30-49(50)47-25-44-41-16-9-13-37-14-10-17-42(59(37)41)45(44)27-52(47)55/h7-30H,1-6H3. The van der Waals surface area contributed by atoms with E-state index in [-0.39, 0.29) is 0 Å². The summed E-state index contributed by atoms with van der Waals surface area (Å²) in [7, 11) is 0. The molecule has 0 unspecified atom stereocenters. The lowest BCUT2D eigenvalue weighted by atomic mass is 9.82. The summed E-state index contributed by atoms with van der Waals surface area (Å²) in [5.41, 5.74) is 23.9. The highest BCUT2D eigenvalue weighted by molar-refractivity contribution is 6.30. The molecular formula is C60H42. The molecule has 0 amide bonds. The van der Waals surface area contributed by atoms with Crippen molar-refractivity contribution in [2.75, 3.05) is 0 Å². The van der Waals surface area contributed by atoms with Crippen molar-refractivity contribution in [2.45, 2.75) is 41.5 Å². The molecule has 0 aromatic heterocycles. The van der Waals surface area contributed by atoms with E-state index >= 15 is 0 Å². The van der Waals surface area contributed by atoms with Crippen LogP contribution in [0.25, 0.3) is 131 Å². The molecule has 0 fully saturated rings. The van der Waals surface area contributed by atoms with Crippen LogP contribution in [0.4, 0.5) is 0 Å². The number of aryl methyl sites for hydroxylation is 6. The van der Waals surface area contributed by atoms with Gasteiger partial charge in [0.15, 0.2) is 0 Å². The normalized spacial score (nSPS) is 12.5. The zero-order chi connectivity index (χ0) is 40.3. The summed E-state index contributed by atoms with van der Waals surface area (Å²) in [4.78, 5) is 0. The van der Waals surface area contributed by atoms with Gasteiger partial charge in [0.25, 0.3) is 0 Å². The Morgan fingerprint density at radius 2 is 0.617 bits per heavy atom. The van der Waals surface area contributed by atoms with Crippen molar-refractivity contribution in [2.24, 2.45) is 0 Å². The van der Waals surface area contributed by atoms with Crippen LogP contribution in [0.1, 0.15) is 33.4 Å². The molecule has 0 radical (unpaired) electrons. The van der Waals surface area contributed by atoms with Crippen LogP contribution in [-0.4, -0.2) is 0 Å². The van der Waals surface area contributed by atoms with Crippen molar-refractivity contribution in [3.63, 3.8) is 0 Å². The molecule has 0 spiro atoms. The maximum absolute atomic E-state index is 2.56. The predicted molar refractivity (Wildman–Crippen MR) is 260 cm³/mol. The van der Waals surface area contributed by atoms with Crippen LogP contribution in [0.2, 0.25) is 0 Å². The Morgan fingerprint density at radius 1 is 0.233 bits per heavy atom. The van der Waals surface area contributed by atoms with Crippen LogP contribution >= 0.6 is 0 Å². The van der Waals surface area contributed by atoms with Crippen molar-refractivity contribution in [1.29, 1.82) is 0 Å². The number of hydrogen-bond donors (Lipinski definition) is 0. The van der Waals surface area contributed by atoms with Crippen LogP contribution in [0, 0.1) is 41.5 Å². The molecular weight excluding hydrogens is 721 g/mol. The van der Waals surface area contributed by atoms with Crippen LogP contribution in [0.15, 0.2) is 146 Å². The molecule has 0 saturated carbocycles. The van der Waals surface area contributed by atoms with E-state index in [4.69, 9.17) is 0 Å². The van der Waals surface area contributed by atoms with Gasteiger partial charge in [-0.2, -0.15) is 0 Å². The molecule has 0 heteroatoms. The second-order valence-corrected chi connectivity index (χ2v) is 18.0. The first kappa shape index (κ1) is 33.9. The summed E-state index contributed by atoms with van der Waals surface area (Å²) in [5.74, 6) is 0. The largest absolute Gasteiger partial charge is 0.0616 e. The Balaban J connectivity index is 1.24. The Hall–Kier alpha value is -7.02. The van der Waals surface area contributed by atoms with E-state index in [1.165, 1.54) is 165 Å². The van der Waals surface area contributed by atoms with Gasteiger partial charge in [0.2, 0.25) is 0 Å². The van der Waals surface area contributed by atoms with E-state index in [0.29, 0.717) is 0 Å². The third-order valence-corrected chi connectivity index (χ3v) is 14.2. The second-order valence-electron chi connectivity index (χ2n) is 18.0. The van der Waals surface area contributed by atoms with Crippen molar-refractivity contribution < 1.29 is 0 Å². The molecule has 0 atom stereocenters. The van der Waals surface area contributed by atoms with Gasteiger partial charge < -0.3 is 0 Å². The summed E-state index contributed by atoms with van der Waals surface area (Å²) >= 11 is 0. The summed E-state index contributed by atoms with van der Waals surface area (Å²) in [6.45, 7) is 13.6. The molecule has 60 heavy (non-hydrogen) atoms. The molecule has 0 aliphatic heterocycles. The average molecular weight is 763 g/mol. The van der Waals surface area contributed by atoms with E-state index in [9.17, 15) is 0 Å². The molecule has 2 aliphatic carbocycles. The summed E-state index contributed by atoms with van der Waals surface area (Å²) in [5, 5.41) is 15.9. The van der Waals surface area contributed by atoms with Crippen molar-refractivity contribution >= 4 is 64.6 Å². The smallest absolute Gasteiger partial charge is 0.00199 e. The monoisotopic (exact) mass is 762 g/mol. The SMILES string of the molecule is Cc1cc(C)c(-c2cc3c4cc5c(cc4c(-c4c(C)cc(C)cc4C)cc3c3cc4c(cc23)-c2cccc3cccc-4c23)-c2cc3ccccc3c3cccc-5c23)c(C)c1. The number of fused-ring (bicyclic) bond motifs is 13. The van der Waals surface area contributed by atoms with E-state index in [2.05, 4.69) is 187 Å². The number of hydrogen-bond acceptors (Lipinski definition) is 0. The molecule has 13 rings (SSSR count). The van der Waals surface area contributed by atoms with Gasteiger partial charge in [-0.1, -0.05) is 114 Å². The minimum absolute atomic E-state index is 1.29. The highest BCUT2D eigenvalue weighted by Crippen LogP contribution is 2.55. The second kappa shape index (κ2) is 11.8. The van der Waals surface area contributed by atoms with E-state index in [0.717, 1.165) is 0 Å². The van der Waals surface area contributed by atoms with Gasteiger partial charge >= 0.3 is 0 Å². The van der Waals surface area contributed by atoms with E-state index in [1.807, 2.05) is 0 Å². The highest BCUT2D eigenvalue weighted by atomic mass is 14.3. The number of rotatable bonds is 2. The molecule has 0 N–H and O–H groups in total. The summed E-state index contributed by atoms with van der Waals surface area (Å²) in [6, 6.07) is 56.6. The lowest BCUT2D eigenvalue weighted by molar-refractivity contribution is 1.32. The third kappa shape index (κ3) is 4.41. The van der Waals surface area contributed by atoms with Crippen LogP contribution < -0.4 is 0 Å². The minimum atomic E-state index is 1.29. The lowest BCUT2D eigenvalue weighted by Crippen LogP contribution is -1.96. The van der Waals surface area contributed by atoms with Crippen LogP contribution in [0.3, 0.4) is 0 Å². The summed E-state index contributed by atoms with van der Waals surface area (Å²) < 4.78 is 0. The van der Waals surface area contributed by atoms with Crippen molar-refractivity contribution in [3.05, 3.63) is 179 Å². The molecule has 282 valence electrons. The molecule has 2 aliphatic rings. The molecule has 11 aromatic rings. The first-order chi connectivity index (χ1) is 29.2. The number of benzene rings is 11. The van der Waals surface area contributed by atoms with E-state index in [1.54, 1.807) is 0 Å². The predicted octanol–water partition coefficient (Wildman–Crippen LogP) is 17.1. The first-order valence-electron chi connectivity index (χ1n) is 21.4. The molecule has 0 bridgehead atoms.